The van der Waals surface area contributed by atoms with E-state index in [0.717, 1.165) is 0 Å². The summed E-state index contributed by atoms with van der Waals surface area (Å²) >= 11 is 0. The number of carbonyl (C=O) groups excluding carboxylic acids is 1. The molecule has 0 saturated heterocycles. The van der Waals surface area contributed by atoms with Crippen LogP contribution in [0.15, 0.2) is 4.99 Å². The van der Waals surface area contributed by atoms with E-state index in [0.29, 0.717) is 6.54 Å². The standard InChI is InChI=1S/C3H5NO.C3H6O2/c1-2-4-3-5;1-2-3(4)5/h2H2,1H3;2H2,1H3,(H,4,5). The van der Waals surface area contributed by atoms with Crippen molar-refractivity contribution in [3.05, 3.63) is 0 Å². The largest absolute Gasteiger partial charge is 0.481 e. The maximum Gasteiger partial charge on any atom is 0.303 e. The number of hydrogen-bond donors (Lipinski definition) is 1. The van der Waals surface area contributed by atoms with Gasteiger partial charge in [-0.15, -0.1) is 0 Å². The molecule has 0 aromatic heterocycles. The summed E-state index contributed by atoms with van der Waals surface area (Å²) < 4.78 is 0. The Kier molecular flexibility index (Phi) is 12.5. The van der Waals surface area contributed by atoms with Gasteiger partial charge in [0.1, 0.15) is 0 Å². The first-order chi connectivity index (χ1) is 4.68. The van der Waals surface area contributed by atoms with Gasteiger partial charge in [-0.1, -0.05) is 6.92 Å². The van der Waals surface area contributed by atoms with E-state index < -0.39 is 5.97 Å². The van der Waals surface area contributed by atoms with E-state index in [1.807, 2.05) is 0 Å². The summed E-state index contributed by atoms with van der Waals surface area (Å²) in [5.41, 5.74) is 0. The van der Waals surface area contributed by atoms with Crippen molar-refractivity contribution in [1.29, 1.82) is 0 Å². The fraction of sp³-hybridized carbons (Fsp3) is 0.667. The molecular weight excluding hydrogens is 134 g/mol. The van der Waals surface area contributed by atoms with E-state index in [1.54, 1.807) is 13.8 Å². The average molecular weight is 145 g/mol. The summed E-state index contributed by atoms with van der Waals surface area (Å²) in [6.07, 6.45) is 1.61. The molecule has 0 heterocycles. The number of aliphatic carboxylic acids is 1. The van der Waals surface area contributed by atoms with Crippen LogP contribution >= 0.6 is 0 Å². The number of isocyanates is 1. The molecule has 0 radical (unpaired) electrons. The van der Waals surface area contributed by atoms with Crippen molar-refractivity contribution in [2.75, 3.05) is 6.54 Å². The SMILES string of the molecule is CCC(=O)O.CCN=C=O. The molecule has 0 saturated carbocycles. The van der Waals surface area contributed by atoms with Gasteiger partial charge in [0.15, 0.2) is 0 Å². The fourth-order valence-corrected chi connectivity index (χ4v) is 0.0645. The third-order valence-corrected chi connectivity index (χ3v) is 0.525. The third-order valence-electron chi connectivity index (χ3n) is 0.525. The van der Waals surface area contributed by atoms with Crippen LogP contribution in [0, 0.1) is 0 Å². The molecule has 0 aliphatic rings. The lowest BCUT2D eigenvalue weighted by atomic mass is 10.5. The second kappa shape index (κ2) is 10.8. The predicted octanol–water partition coefficient (Wildman–Crippen LogP) is 0.823. The van der Waals surface area contributed by atoms with Crippen LogP contribution in [0.3, 0.4) is 0 Å². The first-order valence-corrected chi connectivity index (χ1v) is 2.94. The Bertz CT molecular complexity index is 125. The van der Waals surface area contributed by atoms with Gasteiger partial charge in [-0.05, 0) is 6.92 Å². The monoisotopic (exact) mass is 145 g/mol. The molecule has 4 heteroatoms. The van der Waals surface area contributed by atoms with Crippen molar-refractivity contribution in [2.24, 2.45) is 4.99 Å². The molecular formula is C6H11NO3. The minimum absolute atomic E-state index is 0.222. The number of aliphatic imine (C=N–C) groups is 1. The Morgan fingerprint density at radius 2 is 2.00 bits per heavy atom. The molecule has 0 amide bonds. The lowest BCUT2D eigenvalue weighted by Gasteiger charge is -1.71. The van der Waals surface area contributed by atoms with Gasteiger partial charge in [0, 0.05) is 13.0 Å². The van der Waals surface area contributed by atoms with Crippen LogP contribution in [0.4, 0.5) is 0 Å². The Labute approximate surface area is 59.6 Å². The minimum Gasteiger partial charge on any atom is -0.481 e. The van der Waals surface area contributed by atoms with Crippen LogP contribution in [0.5, 0.6) is 0 Å². The van der Waals surface area contributed by atoms with Crippen molar-refractivity contribution in [2.45, 2.75) is 20.3 Å². The Morgan fingerprint density at radius 1 is 1.60 bits per heavy atom. The van der Waals surface area contributed by atoms with Gasteiger partial charge in [-0.2, -0.15) is 0 Å². The van der Waals surface area contributed by atoms with Gasteiger partial charge in [0.2, 0.25) is 6.08 Å². The van der Waals surface area contributed by atoms with Gasteiger partial charge >= 0.3 is 5.97 Å². The lowest BCUT2D eigenvalue weighted by Crippen LogP contribution is -1.86. The summed E-state index contributed by atoms with van der Waals surface area (Å²) in [4.78, 5) is 21.6. The van der Waals surface area contributed by atoms with E-state index >= 15 is 0 Å². The molecule has 1 N–H and O–H groups in total. The summed E-state index contributed by atoms with van der Waals surface area (Å²) in [5, 5.41) is 7.72. The highest BCUT2D eigenvalue weighted by molar-refractivity contribution is 5.66. The van der Waals surface area contributed by atoms with E-state index in [4.69, 9.17) is 9.90 Å². The highest BCUT2D eigenvalue weighted by Crippen LogP contribution is 1.67. The van der Waals surface area contributed by atoms with Crippen LogP contribution < -0.4 is 0 Å². The first kappa shape index (κ1) is 11.6. The zero-order chi connectivity index (χ0) is 8.41. The third kappa shape index (κ3) is 28.9. The highest BCUT2D eigenvalue weighted by Gasteiger charge is 1.80. The maximum absolute atomic E-state index is 9.37. The molecule has 10 heavy (non-hydrogen) atoms. The van der Waals surface area contributed by atoms with Crippen LogP contribution in [0.2, 0.25) is 0 Å². The summed E-state index contributed by atoms with van der Waals surface area (Å²) in [6.45, 7) is 3.93. The lowest BCUT2D eigenvalue weighted by molar-refractivity contribution is -0.136. The second-order valence-electron chi connectivity index (χ2n) is 1.31. The molecule has 0 aliphatic heterocycles. The number of nitrogens with zero attached hydrogens (tertiary/aromatic N) is 1. The Hall–Kier alpha value is -1.15. The molecule has 0 rings (SSSR count). The molecule has 0 unspecified atom stereocenters. The number of hydrogen-bond acceptors (Lipinski definition) is 3. The molecule has 0 aromatic rings. The smallest absolute Gasteiger partial charge is 0.303 e. The van der Waals surface area contributed by atoms with Crippen molar-refractivity contribution >= 4 is 12.0 Å². The van der Waals surface area contributed by atoms with Crippen LogP contribution in [0.1, 0.15) is 20.3 Å². The summed E-state index contributed by atoms with van der Waals surface area (Å²) in [6, 6.07) is 0. The number of carbonyl (C=O) groups is 1. The van der Waals surface area contributed by atoms with Crippen LogP contribution in [-0.4, -0.2) is 23.7 Å². The van der Waals surface area contributed by atoms with Crippen molar-refractivity contribution in [3.63, 3.8) is 0 Å². The summed E-state index contributed by atoms with van der Waals surface area (Å²) in [5.74, 6) is -0.745. The molecule has 0 fully saturated rings. The van der Waals surface area contributed by atoms with Gasteiger partial charge in [-0.25, -0.2) is 9.79 Å². The van der Waals surface area contributed by atoms with Crippen molar-refractivity contribution < 1.29 is 14.7 Å². The molecule has 0 atom stereocenters. The van der Waals surface area contributed by atoms with Gasteiger partial charge in [0.05, 0.1) is 0 Å². The van der Waals surface area contributed by atoms with Crippen LogP contribution in [0.25, 0.3) is 0 Å². The predicted molar refractivity (Wildman–Crippen MR) is 36.6 cm³/mol. The molecule has 0 spiro atoms. The quantitative estimate of drug-likeness (QED) is 0.462. The molecule has 0 aromatic carbocycles. The van der Waals surface area contributed by atoms with E-state index in [1.165, 1.54) is 6.08 Å². The van der Waals surface area contributed by atoms with E-state index in [2.05, 4.69) is 4.99 Å². The minimum atomic E-state index is -0.745. The molecule has 4 nitrogen and oxygen atoms in total. The second-order valence-corrected chi connectivity index (χ2v) is 1.31. The fourth-order valence-electron chi connectivity index (χ4n) is 0.0645. The van der Waals surface area contributed by atoms with Crippen molar-refractivity contribution in [1.82, 2.24) is 0 Å². The van der Waals surface area contributed by atoms with E-state index in [-0.39, 0.29) is 6.42 Å². The molecule has 0 bridgehead atoms. The Balaban J connectivity index is 0. The zero-order valence-electron chi connectivity index (χ0n) is 6.13. The zero-order valence-corrected chi connectivity index (χ0v) is 6.13. The van der Waals surface area contributed by atoms with Gasteiger partial charge in [0.25, 0.3) is 0 Å². The van der Waals surface area contributed by atoms with E-state index in [9.17, 15) is 4.79 Å². The number of carboxylic acid groups (broad SMARTS) is 1. The Morgan fingerprint density at radius 3 is 2.00 bits per heavy atom. The first-order valence-electron chi connectivity index (χ1n) is 2.94. The number of carboxylic acids is 1. The number of rotatable bonds is 2. The molecule has 0 aliphatic carbocycles. The summed E-state index contributed by atoms with van der Waals surface area (Å²) in [7, 11) is 0. The highest BCUT2D eigenvalue weighted by atomic mass is 16.4. The van der Waals surface area contributed by atoms with Gasteiger partial charge in [-0.3, -0.25) is 4.79 Å². The average Bonchev–Trinajstić information content (AvgIpc) is 1.91. The maximum atomic E-state index is 9.37. The normalized spacial score (nSPS) is 6.60. The topological polar surface area (TPSA) is 66.7 Å². The van der Waals surface area contributed by atoms with Crippen LogP contribution in [-0.2, 0) is 9.59 Å². The van der Waals surface area contributed by atoms with Gasteiger partial charge < -0.3 is 5.11 Å². The van der Waals surface area contributed by atoms with Crippen molar-refractivity contribution in [3.8, 4) is 0 Å². The molecule has 58 valence electrons.